The van der Waals surface area contributed by atoms with Gasteiger partial charge in [-0.3, -0.25) is 0 Å². The standard InChI is InChI=1S/C13H21NO2.ClH/c1-8-5-6-10(15)9(7-8)11(14)12(16)13(2,3)4;/h5-7,11-12,15-16H,14H2,1-4H3;1H/t11-,12-;/m0./s1. The van der Waals surface area contributed by atoms with Gasteiger partial charge in [0.2, 0.25) is 0 Å². The molecule has 4 N–H and O–H groups in total. The Labute approximate surface area is 109 Å². The molecule has 0 unspecified atom stereocenters. The van der Waals surface area contributed by atoms with Crippen molar-refractivity contribution in [2.45, 2.75) is 39.8 Å². The second kappa shape index (κ2) is 5.71. The lowest BCUT2D eigenvalue weighted by Gasteiger charge is -2.31. The van der Waals surface area contributed by atoms with Gasteiger partial charge in [0, 0.05) is 5.56 Å². The average molecular weight is 260 g/mol. The minimum atomic E-state index is -0.694. The quantitative estimate of drug-likeness (QED) is 0.765. The summed E-state index contributed by atoms with van der Waals surface area (Å²) in [5.41, 5.74) is 7.29. The zero-order valence-electron chi connectivity index (χ0n) is 10.8. The first-order valence-electron chi connectivity index (χ1n) is 5.46. The molecular formula is C13H22ClNO2. The lowest BCUT2D eigenvalue weighted by Crippen LogP contribution is -2.37. The third kappa shape index (κ3) is 3.87. The molecule has 1 aromatic rings. The monoisotopic (exact) mass is 259 g/mol. The fraction of sp³-hybridized carbons (Fsp3) is 0.538. The van der Waals surface area contributed by atoms with E-state index in [0.29, 0.717) is 5.56 Å². The summed E-state index contributed by atoms with van der Waals surface area (Å²) in [4.78, 5) is 0. The van der Waals surface area contributed by atoms with Gasteiger partial charge in [0.05, 0.1) is 12.1 Å². The second-order valence-corrected chi connectivity index (χ2v) is 5.40. The van der Waals surface area contributed by atoms with Gasteiger partial charge >= 0.3 is 0 Å². The molecule has 0 aliphatic heterocycles. The SMILES string of the molecule is Cc1ccc(O)c([C@H](N)[C@H](O)C(C)(C)C)c1.Cl. The number of halogens is 1. The molecule has 0 aliphatic carbocycles. The molecule has 0 saturated heterocycles. The van der Waals surface area contributed by atoms with E-state index >= 15 is 0 Å². The third-order valence-electron chi connectivity index (χ3n) is 2.77. The van der Waals surface area contributed by atoms with Crippen LogP contribution in [0, 0.1) is 12.3 Å². The molecule has 98 valence electrons. The van der Waals surface area contributed by atoms with Crippen LogP contribution in [0.2, 0.25) is 0 Å². The molecule has 0 aliphatic rings. The molecular weight excluding hydrogens is 238 g/mol. The Bertz CT molecular complexity index is 374. The van der Waals surface area contributed by atoms with Crippen LogP contribution in [0.3, 0.4) is 0 Å². The summed E-state index contributed by atoms with van der Waals surface area (Å²) in [5, 5.41) is 19.8. The van der Waals surface area contributed by atoms with Crippen LogP contribution in [-0.4, -0.2) is 16.3 Å². The molecule has 2 atom stereocenters. The molecule has 0 radical (unpaired) electrons. The number of phenols is 1. The fourth-order valence-electron chi connectivity index (χ4n) is 1.65. The summed E-state index contributed by atoms with van der Waals surface area (Å²) in [6.45, 7) is 7.69. The molecule has 1 aromatic carbocycles. The zero-order chi connectivity index (χ0) is 12.5. The van der Waals surface area contributed by atoms with Gasteiger partial charge in [-0.15, -0.1) is 12.4 Å². The predicted octanol–water partition coefficient (Wildman–Crippen LogP) is 2.53. The van der Waals surface area contributed by atoms with Gasteiger partial charge in [-0.25, -0.2) is 0 Å². The summed E-state index contributed by atoms with van der Waals surface area (Å²) in [6, 6.07) is 4.67. The summed E-state index contributed by atoms with van der Waals surface area (Å²) >= 11 is 0. The molecule has 1 rings (SSSR count). The van der Waals surface area contributed by atoms with E-state index in [9.17, 15) is 10.2 Å². The molecule has 0 heterocycles. The van der Waals surface area contributed by atoms with Gasteiger partial charge in [-0.1, -0.05) is 38.5 Å². The molecule has 17 heavy (non-hydrogen) atoms. The van der Waals surface area contributed by atoms with Crippen molar-refractivity contribution in [2.75, 3.05) is 0 Å². The van der Waals surface area contributed by atoms with E-state index in [2.05, 4.69) is 0 Å². The van der Waals surface area contributed by atoms with E-state index < -0.39 is 12.1 Å². The lowest BCUT2D eigenvalue weighted by molar-refractivity contribution is 0.0394. The topological polar surface area (TPSA) is 66.5 Å². The highest BCUT2D eigenvalue weighted by atomic mass is 35.5. The van der Waals surface area contributed by atoms with Crippen LogP contribution in [-0.2, 0) is 0 Å². The van der Waals surface area contributed by atoms with Crippen LogP contribution in [0.25, 0.3) is 0 Å². The molecule has 0 bridgehead atoms. The zero-order valence-corrected chi connectivity index (χ0v) is 11.6. The van der Waals surface area contributed by atoms with E-state index in [4.69, 9.17) is 5.73 Å². The highest BCUT2D eigenvalue weighted by Crippen LogP contribution is 2.32. The van der Waals surface area contributed by atoms with Crippen molar-refractivity contribution >= 4 is 12.4 Å². The number of aromatic hydroxyl groups is 1. The van der Waals surface area contributed by atoms with Crippen LogP contribution >= 0.6 is 12.4 Å². The smallest absolute Gasteiger partial charge is 0.120 e. The Hall–Kier alpha value is -0.770. The maximum absolute atomic E-state index is 10.1. The van der Waals surface area contributed by atoms with Gasteiger partial charge in [-0.05, 0) is 18.4 Å². The number of nitrogens with two attached hydrogens (primary N) is 1. The number of hydrogen-bond donors (Lipinski definition) is 3. The van der Waals surface area contributed by atoms with Gasteiger partial charge in [0.15, 0.2) is 0 Å². The number of phenolic OH excluding ortho intramolecular Hbond substituents is 1. The fourth-order valence-corrected chi connectivity index (χ4v) is 1.65. The Morgan fingerprint density at radius 1 is 1.24 bits per heavy atom. The van der Waals surface area contributed by atoms with Crippen molar-refractivity contribution in [1.82, 2.24) is 0 Å². The summed E-state index contributed by atoms with van der Waals surface area (Å²) in [7, 11) is 0. The highest BCUT2D eigenvalue weighted by Gasteiger charge is 2.30. The highest BCUT2D eigenvalue weighted by molar-refractivity contribution is 5.85. The Morgan fingerprint density at radius 2 is 1.76 bits per heavy atom. The number of rotatable bonds is 2. The second-order valence-electron chi connectivity index (χ2n) is 5.40. The van der Waals surface area contributed by atoms with E-state index in [1.807, 2.05) is 39.8 Å². The van der Waals surface area contributed by atoms with Crippen molar-refractivity contribution in [1.29, 1.82) is 0 Å². The third-order valence-corrected chi connectivity index (χ3v) is 2.77. The molecule has 0 spiro atoms. The van der Waals surface area contributed by atoms with E-state index in [1.54, 1.807) is 6.07 Å². The largest absolute Gasteiger partial charge is 0.508 e. The molecule has 4 heteroatoms. The molecule has 0 amide bonds. The lowest BCUT2D eigenvalue weighted by atomic mass is 9.82. The Morgan fingerprint density at radius 3 is 2.24 bits per heavy atom. The normalized spacial score (nSPS) is 14.9. The Balaban J connectivity index is 0.00000256. The minimum Gasteiger partial charge on any atom is -0.508 e. The van der Waals surface area contributed by atoms with E-state index in [-0.39, 0.29) is 23.6 Å². The average Bonchev–Trinajstić information content (AvgIpc) is 2.18. The molecule has 0 fully saturated rings. The van der Waals surface area contributed by atoms with E-state index in [1.165, 1.54) is 0 Å². The summed E-state index contributed by atoms with van der Waals surface area (Å²) in [6.07, 6.45) is -0.694. The van der Waals surface area contributed by atoms with Crippen molar-refractivity contribution < 1.29 is 10.2 Å². The maximum atomic E-state index is 10.1. The van der Waals surface area contributed by atoms with Crippen LogP contribution in [0.4, 0.5) is 0 Å². The first kappa shape index (κ1) is 16.2. The van der Waals surface area contributed by atoms with Crippen molar-refractivity contribution in [2.24, 2.45) is 11.1 Å². The molecule has 0 aromatic heterocycles. The molecule has 3 nitrogen and oxygen atoms in total. The van der Waals surface area contributed by atoms with Gasteiger partial charge < -0.3 is 15.9 Å². The van der Waals surface area contributed by atoms with Crippen LogP contribution in [0.15, 0.2) is 18.2 Å². The maximum Gasteiger partial charge on any atom is 0.120 e. The van der Waals surface area contributed by atoms with Gasteiger partial charge in [-0.2, -0.15) is 0 Å². The van der Waals surface area contributed by atoms with Crippen molar-refractivity contribution in [3.8, 4) is 5.75 Å². The first-order valence-corrected chi connectivity index (χ1v) is 5.46. The van der Waals surface area contributed by atoms with Gasteiger partial charge in [0.25, 0.3) is 0 Å². The number of hydrogen-bond acceptors (Lipinski definition) is 3. The first-order chi connectivity index (χ1) is 7.23. The van der Waals surface area contributed by atoms with Gasteiger partial charge in [0.1, 0.15) is 5.75 Å². The van der Waals surface area contributed by atoms with Crippen LogP contribution in [0.5, 0.6) is 5.75 Å². The van der Waals surface area contributed by atoms with E-state index in [0.717, 1.165) is 5.56 Å². The number of aliphatic hydroxyl groups is 1. The van der Waals surface area contributed by atoms with Crippen molar-refractivity contribution in [3.05, 3.63) is 29.3 Å². The van der Waals surface area contributed by atoms with Crippen LogP contribution < -0.4 is 5.73 Å². The summed E-state index contributed by atoms with van der Waals surface area (Å²) in [5.74, 6) is 0.140. The summed E-state index contributed by atoms with van der Waals surface area (Å²) < 4.78 is 0. The predicted molar refractivity (Wildman–Crippen MR) is 72.5 cm³/mol. The number of aryl methyl sites for hydroxylation is 1. The Kier molecular flexibility index (Phi) is 5.46. The number of aliphatic hydroxyl groups excluding tert-OH is 1. The minimum absolute atomic E-state index is 0. The number of benzene rings is 1. The van der Waals surface area contributed by atoms with Crippen LogP contribution in [0.1, 0.15) is 37.9 Å². The van der Waals surface area contributed by atoms with Crippen molar-refractivity contribution in [3.63, 3.8) is 0 Å². The molecule has 0 saturated carbocycles.